The number of H-pyrrole nitrogens is 1. The van der Waals surface area contributed by atoms with Gasteiger partial charge in [-0.3, -0.25) is 4.79 Å². The number of fused-ring (bicyclic) bond motifs is 2. The minimum absolute atomic E-state index is 0.0443. The Balaban J connectivity index is 1.61. The van der Waals surface area contributed by atoms with E-state index in [2.05, 4.69) is 17.2 Å². The minimum Gasteiger partial charge on any atom is -0.356 e. The number of aromatic amines is 1. The maximum absolute atomic E-state index is 12.0. The predicted octanol–water partition coefficient (Wildman–Crippen LogP) is 3.22. The lowest BCUT2D eigenvalue weighted by Gasteiger charge is -2.28. The topological polar surface area (TPSA) is 44.9 Å². The highest BCUT2D eigenvalue weighted by molar-refractivity contribution is 6.30. The Morgan fingerprint density at radius 1 is 1.50 bits per heavy atom. The largest absolute Gasteiger partial charge is 0.356 e. The third-order valence-electron chi connectivity index (χ3n) is 4.69. The molecule has 2 bridgehead atoms. The molecule has 18 heavy (non-hydrogen) atoms. The van der Waals surface area contributed by atoms with E-state index >= 15 is 0 Å². The smallest absolute Gasteiger partial charge is 0.267 e. The Morgan fingerprint density at radius 2 is 2.33 bits per heavy atom. The lowest BCUT2D eigenvalue weighted by Crippen LogP contribution is -2.40. The summed E-state index contributed by atoms with van der Waals surface area (Å²) < 4.78 is 0. The maximum Gasteiger partial charge on any atom is 0.267 e. The third kappa shape index (κ3) is 2.16. The van der Waals surface area contributed by atoms with Gasteiger partial charge in [0.2, 0.25) is 0 Å². The summed E-state index contributed by atoms with van der Waals surface area (Å²) in [4.78, 5) is 14.9. The highest BCUT2D eigenvalue weighted by Gasteiger charge is 2.42. The Morgan fingerprint density at radius 3 is 2.89 bits per heavy atom. The molecule has 0 aromatic carbocycles. The molecule has 3 nitrogen and oxygen atoms in total. The van der Waals surface area contributed by atoms with Crippen molar-refractivity contribution >= 4 is 17.5 Å². The summed E-state index contributed by atoms with van der Waals surface area (Å²) in [6, 6.07) is 1.93. The molecule has 1 amide bonds. The number of carbonyl (C=O) groups is 1. The van der Waals surface area contributed by atoms with E-state index in [9.17, 15) is 4.79 Å². The van der Waals surface area contributed by atoms with Crippen molar-refractivity contribution in [2.75, 3.05) is 0 Å². The number of nitrogens with one attached hydrogen (secondary N) is 2. The lowest BCUT2D eigenvalue weighted by atomic mass is 9.84. The number of halogens is 1. The molecule has 2 fully saturated rings. The summed E-state index contributed by atoms with van der Waals surface area (Å²) in [5.41, 5.74) is 0.551. The minimum atomic E-state index is -0.0443. The second kappa shape index (κ2) is 4.61. The average molecular weight is 267 g/mol. The van der Waals surface area contributed by atoms with Crippen LogP contribution in [0.4, 0.5) is 0 Å². The molecule has 1 aromatic heterocycles. The molecule has 4 unspecified atom stereocenters. The van der Waals surface area contributed by atoms with Crippen LogP contribution in [0.15, 0.2) is 12.3 Å². The van der Waals surface area contributed by atoms with Gasteiger partial charge in [0.25, 0.3) is 5.91 Å². The van der Waals surface area contributed by atoms with E-state index in [1.54, 1.807) is 12.3 Å². The van der Waals surface area contributed by atoms with E-state index in [0.717, 1.165) is 11.8 Å². The highest BCUT2D eigenvalue weighted by Crippen LogP contribution is 2.49. The first kappa shape index (κ1) is 12.1. The summed E-state index contributed by atoms with van der Waals surface area (Å²) in [5, 5.41) is 3.68. The van der Waals surface area contributed by atoms with E-state index in [0.29, 0.717) is 16.6 Å². The van der Waals surface area contributed by atoms with Crippen molar-refractivity contribution in [3.63, 3.8) is 0 Å². The van der Waals surface area contributed by atoms with Crippen molar-refractivity contribution < 1.29 is 4.79 Å². The maximum atomic E-state index is 12.0. The summed E-state index contributed by atoms with van der Waals surface area (Å²) in [5.74, 6) is 2.37. The molecule has 4 atom stereocenters. The van der Waals surface area contributed by atoms with Crippen LogP contribution in [-0.2, 0) is 0 Å². The molecular formula is C14H19ClN2O. The second-order valence-electron chi connectivity index (χ2n) is 5.83. The zero-order valence-electron chi connectivity index (χ0n) is 10.6. The number of carbonyl (C=O) groups excluding carboxylic acids is 1. The van der Waals surface area contributed by atoms with E-state index in [-0.39, 0.29) is 11.9 Å². The Kier molecular flexibility index (Phi) is 3.10. The van der Waals surface area contributed by atoms with Gasteiger partial charge in [-0.05, 0) is 50.0 Å². The van der Waals surface area contributed by atoms with E-state index in [1.165, 1.54) is 25.7 Å². The summed E-state index contributed by atoms with van der Waals surface area (Å²) >= 11 is 5.81. The number of aromatic nitrogens is 1. The van der Waals surface area contributed by atoms with Gasteiger partial charge in [-0.1, -0.05) is 18.0 Å². The van der Waals surface area contributed by atoms with Crippen LogP contribution in [0.25, 0.3) is 0 Å². The van der Waals surface area contributed by atoms with Crippen LogP contribution in [0.2, 0.25) is 5.02 Å². The molecule has 2 aliphatic rings. The van der Waals surface area contributed by atoms with Crippen molar-refractivity contribution in [3.05, 3.63) is 23.0 Å². The van der Waals surface area contributed by atoms with Crippen molar-refractivity contribution in [1.82, 2.24) is 10.3 Å². The molecule has 2 saturated carbocycles. The first-order chi connectivity index (χ1) is 8.63. The molecule has 1 aromatic rings. The van der Waals surface area contributed by atoms with Gasteiger partial charge in [0.15, 0.2) is 0 Å². The molecule has 1 heterocycles. The number of hydrogen-bond donors (Lipinski definition) is 2. The highest BCUT2D eigenvalue weighted by atomic mass is 35.5. The van der Waals surface area contributed by atoms with Crippen LogP contribution in [0.1, 0.15) is 43.1 Å². The van der Waals surface area contributed by atoms with Gasteiger partial charge in [0.1, 0.15) is 5.69 Å². The van der Waals surface area contributed by atoms with Gasteiger partial charge in [-0.15, -0.1) is 0 Å². The molecular weight excluding hydrogens is 248 g/mol. The van der Waals surface area contributed by atoms with Crippen LogP contribution < -0.4 is 5.32 Å². The average Bonchev–Trinajstić information content (AvgIpc) is 3.03. The van der Waals surface area contributed by atoms with E-state index < -0.39 is 0 Å². The Bertz CT molecular complexity index is 456. The summed E-state index contributed by atoms with van der Waals surface area (Å²) in [7, 11) is 0. The number of hydrogen-bond acceptors (Lipinski definition) is 1. The molecule has 98 valence electrons. The van der Waals surface area contributed by atoms with Crippen LogP contribution in [0, 0.1) is 17.8 Å². The fourth-order valence-corrected chi connectivity index (χ4v) is 3.96. The van der Waals surface area contributed by atoms with Gasteiger partial charge >= 0.3 is 0 Å². The molecule has 3 rings (SSSR count). The van der Waals surface area contributed by atoms with Crippen LogP contribution >= 0.6 is 11.6 Å². The zero-order chi connectivity index (χ0) is 12.7. The molecule has 0 spiro atoms. The first-order valence-electron chi connectivity index (χ1n) is 6.78. The molecule has 2 aliphatic carbocycles. The fourth-order valence-electron chi connectivity index (χ4n) is 3.80. The molecule has 0 saturated heterocycles. The lowest BCUT2D eigenvalue weighted by molar-refractivity contribution is 0.0911. The number of rotatable bonds is 3. The monoisotopic (exact) mass is 266 g/mol. The van der Waals surface area contributed by atoms with Gasteiger partial charge < -0.3 is 10.3 Å². The predicted molar refractivity (Wildman–Crippen MR) is 71.7 cm³/mol. The van der Waals surface area contributed by atoms with E-state index in [1.807, 2.05) is 0 Å². The Labute approximate surface area is 112 Å². The van der Waals surface area contributed by atoms with E-state index in [4.69, 9.17) is 11.6 Å². The molecule has 2 N–H and O–H groups in total. The molecule has 0 radical (unpaired) electrons. The summed E-state index contributed by atoms with van der Waals surface area (Å²) in [6.45, 7) is 2.13. The standard InChI is InChI=1S/C14H19ClN2O/c1-8(12-5-9-2-3-10(12)4-9)17-14(18)13-6-11(15)7-16-13/h6-10,12,16H,2-5H2,1H3,(H,17,18). The SMILES string of the molecule is CC(NC(=O)c1cc(Cl)c[nH]1)C1CC2CCC1C2. The van der Waals surface area contributed by atoms with Gasteiger partial charge in [-0.2, -0.15) is 0 Å². The fraction of sp³-hybridized carbons (Fsp3) is 0.643. The zero-order valence-corrected chi connectivity index (χ0v) is 11.3. The van der Waals surface area contributed by atoms with Gasteiger partial charge in [-0.25, -0.2) is 0 Å². The summed E-state index contributed by atoms with van der Waals surface area (Å²) in [6.07, 6.45) is 7.05. The molecule has 4 heteroatoms. The quantitative estimate of drug-likeness (QED) is 0.867. The normalized spacial score (nSPS) is 31.6. The van der Waals surface area contributed by atoms with Crippen LogP contribution in [-0.4, -0.2) is 16.9 Å². The van der Waals surface area contributed by atoms with Crippen LogP contribution in [0.3, 0.4) is 0 Å². The second-order valence-corrected chi connectivity index (χ2v) is 6.27. The van der Waals surface area contributed by atoms with Crippen LogP contribution in [0.5, 0.6) is 0 Å². The molecule has 0 aliphatic heterocycles. The van der Waals surface area contributed by atoms with Crippen molar-refractivity contribution in [2.24, 2.45) is 17.8 Å². The third-order valence-corrected chi connectivity index (χ3v) is 4.90. The van der Waals surface area contributed by atoms with Crippen molar-refractivity contribution in [1.29, 1.82) is 0 Å². The van der Waals surface area contributed by atoms with Crippen molar-refractivity contribution in [3.8, 4) is 0 Å². The number of amides is 1. The van der Waals surface area contributed by atoms with Gasteiger partial charge in [0, 0.05) is 12.2 Å². The Hall–Kier alpha value is -0.960. The first-order valence-corrected chi connectivity index (χ1v) is 7.16. The van der Waals surface area contributed by atoms with Crippen molar-refractivity contribution in [2.45, 2.75) is 38.6 Å². The van der Waals surface area contributed by atoms with Gasteiger partial charge in [0.05, 0.1) is 5.02 Å².